The van der Waals surface area contributed by atoms with Crippen molar-refractivity contribution in [3.8, 4) is 0 Å². The minimum absolute atomic E-state index is 0.197. The van der Waals surface area contributed by atoms with Gasteiger partial charge >= 0.3 is 0 Å². The Hall–Kier alpha value is -0.870. The first-order valence-electron chi connectivity index (χ1n) is 6.48. The average Bonchev–Trinajstić information content (AvgIpc) is 2.73. The lowest BCUT2D eigenvalue weighted by Crippen LogP contribution is -2.25. The number of sulfone groups is 1. The van der Waals surface area contributed by atoms with Gasteiger partial charge in [0, 0.05) is 18.8 Å². The molecule has 2 rings (SSSR count). The molecule has 0 aliphatic heterocycles. The fourth-order valence-electron chi connectivity index (χ4n) is 2.44. The molecular formula is C14H21NO2S. The van der Waals surface area contributed by atoms with Gasteiger partial charge in [0.05, 0.1) is 5.75 Å². The van der Waals surface area contributed by atoms with Crippen molar-refractivity contribution in [1.29, 1.82) is 0 Å². The molecule has 18 heavy (non-hydrogen) atoms. The molecule has 0 saturated heterocycles. The lowest BCUT2D eigenvalue weighted by Gasteiger charge is -2.15. The van der Waals surface area contributed by atoms with Crippen LogP contribution in [0.25, 0.3) is 0 Å². The zero-order valence-corrected chi connectivity index (χ0v) is 11.9. The molecule has 0 fully saturated rings. The molecule has 0 saturated carbocycles. The number of fused-ring (bicyclic) bond motifs is 1. The molecule has 0 aromatic heterocycles. The van der Waals surface area contributed by atoms with Crippen LogP contribution in [-0.4, -0.2) is 27.0 Å². The Labute approximate surface area is 110 Å². The number of hydrogen-bond acceptors (Lipinski definition) is 3. The van der Waals surface area contributed by atoms with Gasteiger partial charge < -0.3 is 5.32 Å². The summed E-state index contributed by atoms with van der Waals surface area (Å²) < 4.78 is 22.1. The summed E-state index contributed by atoms with van der Waals surface area (Å²) in [4.78, 5) is 0. The third-order valence-electron chi connectivity index (χ3n) is 3.55. The van der Waals surface area contributed by atoms with Gasteiger partial charge in [-0.15, -0.1) is 0 Å². The highest BCUT2D eigenvalue weighted by atomic mass is 32.2. The number of benzene rings is 1. The van der Waals surface area contributed by atoms with E-state index in [0.717, 1.165) is 0 Å². The van der Waals surface area contributed by atoms with Crippen molar-refractivity contribution in [1.82, 2.24) is 5.32 Å². The van der Waals surface area contributed by atoms with Crippen LogP contribution < -0.4 is 5.32 Å². The summed E-state index contributed by atoms with van der Waals surface area (Å²) in [5, 5.41) is 3.27. The van der Waals surface area contributed by atoms with E-state index in [1.54, 1.807) is 0 Å². The predicted molar refractivity (Wildman–Crippen MR) is 74.6 cm³/mol. The van der Waals surface area contributed by atoms with Crippen LogP contribution in [0.3, 0.4) is 0 Å². The smallest absolute Gasteiger partial charge is 0.148 e. The van der Waals surface area contributed by atoms with Crippen molar-refractivity contribution >= 4 is 9.84 Å². The normalized spacial score (nSPS) is 16.6. The van der Waals surface area contributed by atoms with Gasteiger partial charge in [-0.1, -0.05) is 18.2 Å². The summed E-state index contributed by atoms with van der Waals surface area (Å²) in [6.07, 6.45) is 4.91. The second kappa shape index (κ2) is 5.41. The van der Waals surface area contributed by atoms with Crippen molar-refractivity contribution in [3.63, 3.8) is 0 Å². The Balaban J connectivity index is 1.95. The summed E-state index contributed by atoms with van der Waals surface area (Å²) in [6, 6.07) is 6.84. The zero-order valence-electron chi connectivity index (χ0n) is 11.1. The highest BCUT2D eigenvalue weighted by Crippen LogP contribution is 2.25. The molecule has 1 unspecified atom stereocenters. The first-order chi connectivity index (χ1) is 8.46. The van der Waals surface area contributed by atoms with Crippen molar-refractivity contribution < 1.29 is 8.42 Å². The third kappa shape index (κ3) is 3.56. The van der Waals surface area contributed by atoms with Gasteiger partial charge in [0.15, 0.2) is 0 Å². The van der Waals surface area contributed by atoms with Crippen LogP contribution in [0.2, 0.25) is 0 Å². The standard InChI is InChI=1S/C14H21NO2S/c1-11(15-8-9-18(2,16)17)13-7-6-12-4-3-5-14(12)10-13/h6-7,10-11,15H,3-5,8-9H2,1-2H3. The molecule has 100 valence electrons. The SMILES string of the molecule is CC(NCCS(C)(=O)=O)c1ccc2c(c1)CCC2. The Morgan fingerprint density at radius 1 is 1.28 bits per heavy atom. The minimum atomic E-state index is -2.87. The van der Waals surface area contributed by atoms with E-state index in [1.165, 1.54) is 42.2 Å². The maximum absolute atomic E-state index is 11.1. The van der Waals surface area contributed by atoms with E-state index < -0.39 is 9.84 Å². The topological polar surface area (TPSA) is 46.2 Å². The van der Waals surface area contributed by atoms with Crippen LogP contribution in [-0.2, 0) is 22.7 Å². The first-order valence-corrected chi connectivity index (χ1v) is 8.54. The molecule has 1 aliphatic carbocycles. The van der Waals surface area contributed by atoms with Crippen LogP contribution >= 0.6 is 0 Å². The third-order valence-corrected chi connectivity index (χ3v) is 4.49. The highest BCUT2D eigenvalue weighted by Gasteiger charge is 2.13. The molecule has 4 heteroatoms. The summed E-state index contributed by atoms with van der Waals surface area (Å²) in [6.45, 7) is 2.59. The van der Waals surface area contributed by atoms with Gasteiger partial charge in [0.25, 0.3) is 0 Å². The number of aryl methyl sites for hydroxylation is 2. The molecular weight excluding hydrogens is 246 g/mol. The van der Waals surface area contributed by atoms with Gasteiger partial charge in [0.2, 0.25) is 0 Å². The average molecular weight is 267 g/mol. The number of hydrogen-bond donors (Lipinski definition) is 1. The number of rotatable bonds is 5. The first kappa shape index (κ1) is 13.6. The molecule has 1 aromatic carbocycles. The van der Waals surface area contributed by atoms with Crippen molar-refractivity contribution in [2.75, 3.05) is 18.6 Å². The quantitative estimate of drug-likeness (QED) is 0.886. The fraction of sp³-hybridized carbons (Fsp3) is 0.571. The van der Waals surface area contributed by atoms with Crippen LogP contribution in [0.5, 0.6) is 0 Å². The van der Waals surface area contributed by atoms with E-state index in [0.29, 0.717) is 6.54 Å². The Morgan fingerprint density at radius 3 is 2.72 bits per heavy atom. The van der Waals surface area contributed by atoms with Gasteiger partial charge in [-0.05, 0) is 42.9 Å². The van der Waals surface area contributed by atoms with E-state index in [-0.39, 0.29) is 11.8 Å². The zero-order chi connectivity index (χ0) is 13.2. The van der Waals surface area contributed by atoms with Crippen molar-refractivity contribution in [3.05, 3.63) is 34.9 Å². The Bertz CT molecular complexity index is 523. The van der Waals surface area contributed by atoms with Crippen LogP contribution in [0.4, 0.5) is 0 Å². The summed E-state index contributed by atoms with van der Waals surface area (Å²) in [7, 11) is -2.87. The van der Waals surface area contributed by atoms with E-state index in [1.807, 2.05) is 0 Å². The maximum atomic E-state index is 11.1. The van der Waals surface area contributed by atoms with Crippen LogP contribution in [0.15, 0.2) is 18.2 Å². The largest absolute Gasteiger partial charge is 0.309 e. The summed E-state index contributed by atoms with van der Waals surface area (Å²) in [5.41, 5.74) is 4.19. The summed E-state index contributed by atoms with van der Waals surface area (Å²) >= 11 is 0. The summed E-state index contributed by atoms with van der Waals surface area (Å²) in [5.74, 6) is 0.197. The van der Waals surface area contributed by atoms with E-state index in [2.05, 4.69) is 30.4 Å². The molecule has 1 atom stereocenters. The molecule has 1 aliphatic rings. The predicted octanol–water partition coefficient (Wildman–Crippen LogP) is 1.87. The van der Waals surface area contributed by atoms with Crippen molar-refractivity contribution in [2.45, 2.75) is 32.2 Å². The lowest BCUT2D eigenvalue weighted by molar-refractivity contribution is 0.575. The second-order valence-electron chi connectivity index (χ2n) is 5.19. The highest BCUT2D eigenvalue weighted by molar-refractivity contribution is 7.90. The number of nitrogens with one attached hydrogen (secondary N) is 1. The second-order valence-corrected chi connectivity index (χ2v) is 7.45. The Morgan fingerprint density at radius 2 is 2.00 bits per heavy atom. The van der Waals surface area contributed by atoms with Gasteiger partial charge in [-0.2, -0.15) is 0 Å². The van der Waals surface area contributed by atoms with Gasteiger partial charge in [0.1, 0.15) is 9.84 Å². The molecule has 0 amide bonds. The van der Waals surface area contributed by atoms with Crippen LogP contribution in [0.1, 0.15) is 36.1 Å². The van der Waals surface area contributed by atoms with E-state index in [9.17, 15) is 8.42 Å². The minimum Gasteiger partial charge on any atom is -0.309 e. The molecule has 0 radical (unpaired) electrons. The Kier molecular flexibility index (Phi) is 4.07. The molecule has 0 spiro atoms. The molecule has 0 heterocycles. The molecule has 1 N–H and O–H groups in total. The molecule has 3 nitrogen and oxygen atoms in total. The molecule has 0 bridgehead atoms. The molecule has 1 aromatic rings. The van der Waals surface area contributed by atoms with Crippen molar-refractivity contribution in [2.24, 2.45) is 0 Å². The maximum Gasteiger partial charge on any atom is 0.148 e. The fourth-order valence-corrected chi connectivity index (χ4v) is 2.93. The van der Waals surface area contributed by atoms with E-state index >= 15 is 0 Å². The van der Waals surface area contributed by atoms with Crippen LogP contribution in [0, 0.1) is 0 Å². The lowest BCUT2D eigenvalue weighted by atomic mass is 10.0. The monoisotopic (exact) mass is 267 g/mol. The van der Waals surface area contributed by atoms with Gasteiger partial charge in [-0.25, -0.2) is 8.42 Å². The van der Waals surface area contributed by atoms with E-state index in [4.69, 9.17) is 0 Å². The van der Waals surface area contributed by atoms with Gasteiger partial charge in [-0.3, -0.25) is 0 Å².